The Morgan fingerprint density at radius 2 is 1.76 bits per heavy atom. The maximum absolute atomic E-state index is 13.1. The van der Waals surface area contributed by atoms with Gasteiger partial charge in [0.15, 0.2) is 10.9 Å². The Hall–Kier alpha value is -3.32. The molecule has 2 aromatic heterocycles. The number of hydrogen-bond donors (Lipinski definition) is 1. The lowest BCUT2D eigenvalue weighted by Crippen LogP contribution is -2.17. The first-order valence-electron chi connectivity index (χ1n) is 9.11. The van der Waals surface area contributed by atoms with Crippen molar-refractivity contribution in [2.45, 2.75) is 10.9 Å². The van der Waals surface area contributed by atoms with E-state index in [-0.39, 0.29) is 5.91 Å². The number of rotatable bonds is 6. The molecule has 29 heavy (non-hydrogen) atoms. The molecule has 0 spiro atoms. The van der Waals surface area contributed by atoms with E-state index in [1.807, 2.05) is 67.5 Å². The number of carbonyl (C=O) groups is 1. The molecule has 4 rings (SSSR count). The standard InChI is InChI=1S/C22H20N4O2S/c1-26(2)18-10-5-4-9-17(18)25-21(27)20-16(14-29-22-23-12-7-13-24-22)15-8-3-6-11-19(15)28-20/h3-13H,14H2,1-2H3,(H,25,27). The SMILES string of the molecule is CN(C)c1ccccc1NC(=O)c1oc2ccccc2c1CSc1ncccn1. The van der Waals surface area contributed by atoms with Crippen LogP contribution < -0.4 is 10.2 Å². The average Bonchev–Trinajstić information content (AvgIpc) is 3.12. The molecular weight excluding hydrogens is 384 g/mol. The van der Waals surface area contributed by atoms with Gasteiger partial charge in [-0.3, -0.25) is 4.79 Å². The van der Waals surface area contributed by atoms with Gasteiger partial charge in [0.05, 0.1) is 11.4 Å². The van der Waals surface area contributed by atoms with Crippen molar-refractivity contribution in [3.63, 3.8) is 0 Å². The van der Waals surface area contributed by atoms with Gasteiger partial charge in [0.2, 0.25) is 0 Å². The van der Waals surface area contributed by atoms with Gasteiger partial charge in [-0.05, 0) is 24.3 Å². The Morgan fingerprint density at radius 1 is 1.03 bits per heavy atom. The number of thioether (sulfide) groups is 1. The highest BCUT2D eigenvalue weighted by molar-refractivity contribution is 7.98. The van der Waals surface area contributed by atoms with Crippen LogP contribution in [0.2, 0.25) is 0 Å². The zero-order valence-corrected chi connectivity index (χ0v) is 16.9. The predicted molar refractivity (Wildman–Crippen MR) is 117 cm³/mol. The molecule has 0 aliphatic rings. The third-order valence-electron chi connectivity index (χ3n) is 4.43. The van der Waals surface area contributed by atoms with Gasteiger partial charge >= 0.3 is 0 Å². The number of carbonyl (C=O) groups excluding carboxylic acids is 1. The molecule has 6 nitrogen and oxygen atoms in total. The number of fused-ring (bicyclic) bond motifs is 1. The number of nitrogens with zero attached hydrogens (tertiary/aromatic N) is 3. The molecule has 0 saturated carbocycles. The Balaban J connectivity index is 1.67. The summed E-state index contributed by atoms with van der Waals surface area (Å²) in [5.74, 6) is 0.558. The molecule has 0 unspecified atom stereocenters. The van der Waals surface area contributed by atoms with Crippen molar-refractivity contribution in [2.75, 3.05) is 24.3 Å². The molecule has 7 heteroatoms. The number of aromatic nitrogens is 2. The molecule has 0 bridgehead atoms. The number of amides is 1. The molecule has 0 aliphatic heterocycles. The molecule has 1 N–H and O–H groups in total. The summed E-state index contributed by atoms with van der Waals surface area (Å²) in [5.41, 5.74) is 3.17. The second kappa shape index (κ2) is 8.36. The van der Waals surface area contributed by atoms with Crippen molar-refractivity contribution in [1.29, 1.82) is 0 Å². The number of benzene rings is 2. The first kappa shape index (κ1) is 19.0. The highest BCUT2D eigenvalue weighted by Crippen LogP contribution is 2.32. The van der Waals surface area contributed by atoms with Gasteiger partial charge in [0, 0.05) is 43.2 Å². The number of hydrogen-bond acceptors (Lipinski definition) is 6. The smallest absolute Gasteiger partial charge is 0.291 e. The van der Waals surface area contributed by atoms with Crippen LogP contribution in [0.25, 0.3) is 11.0 Å². The van der Waals surface area contributed by atoms with Crippen LogP contribution >= 0.6 is 11.8 Å². The summed E-state index contributed by atoms with van der Waals surface area (Å²) < 4.78 is 5.94. The summed E-state index contributed by atoms with van der Waals surface area (Å²) in [6.07, 6.45) is 3.41. The minimum absolute atomic E-state index is 0.278. The van der Waals surface area contributed by atoms with E-state index in [2.05, 4.69) is 15.3 Å². The van der Waals surface area contributed by atoms with Crippen molar-refractivity contribution in [3.8, 4) is 0 Å². The van der Waals surface area contributed by atoms with Gasteiger partial charge < -0.3 is 14.6 Å². The van der Waals surface area contributed by atoms with Gasteiger partial charge in [-0.25, -0.2) is 9.97 Å². The largest absolute Gasteiger partial charge is 0.451 e. The minimum Gasteiger partial charge on any atom is -0.451 e. The van der Waals surface area contributed by atoms with E-state index in [0.29, 0.717) is 22.3 Å². The quantitative estimate of drug-likeness (QED) is 0.366. The van der Waals surface area contributed by atoms with E-state index in [4.69, 9.17) is 4.42 Å². The predicted octanol–water partition coefficient (Wildman–Crippen LogP) is 4.83. The van der Waals surface area contributed by atoms with Gasteiger partial charge in [-0.15, -0.1) is 0 Å². The Morgan fingerprint density at radius 3 is 2.55 bits per heavy atom. The summed E-state index contributed by atoms with van der Waals surface area (Å²) in [5, 5.41) is 4.57. The molecule has 1 amide bonds. The molecule has 2 heterocycles. The average molecular weight is 404 g/mol. The Bertz CT molecular complexity index is 1140. The second-order valence-electron chi connectivity index (χ2n) is 6.59. The second-order valence-corrected chi connectivity index (χ2v) is 7.53. The lowest BCUT2D eigenvalue weighted by atomic mass is 10.1. The van der Waals surface area contributed by atoms with Gasteiger partial charge in [0.25, 0.3) is 5.91 Å². The molecular formula is C22H20N4O2S. The monoisotopic (exact) mass is 404 g/mol. The zero-order chi connectivity index (χ0) is 20.2. The fourth-order valence-electron chi connectivity index (χ4n) is 3.07. The summed E-state index contributed by atoms with van der Waals surface area (Å²) in [4.78, 5) is 23.6. The molecule has 0 fully saturated rings. The Kier molecular flexibility index (Phi) is 5.48. The first-order valence-corrected chi connectivity index (χ1v) is 10.1. The van der Waals surface area contributed by atoms with Gasteiger partial charge in [0.1, 0.15) is 5.58 Å². The fourth-order valence-corrected chi connectivity index (χ4v) is 3.90. The van der Waals surface area contributed by atoms with E-state index in [1.165, 1.54) is 11.8 Å². The van der Waals surface area contributed by atoms with E-state index in [9.17, 15) is 4.79 Å². The summed E-state index contributed by atoms with van der Waals surface area (Å²) in [6.45, 7) is 0. The zero-order valence-electron chi connectivity index (χ0n) is 16.1. The lowest BCUT2D eigenvalue weighted by Gasteiger charge is -2.17. The number of anilines is 2. The topological polar surface area (TPSA) is 71.3 Å². The summed E-state index contributed by atoms with van der Waals surface area (Å²) >= 11 is 1.47. The lowest BCUT2D eigenvalue weighted by molar-refractivity contribution is 0.0998. The van der Waals surface area contributed by atoms with Crippen molar-refractivity contribution in [1.82, 2.24) is 9.97 Å². The van der Waals surface area contributed by atoms with E-state index in [0.717, 1.165) is 22.3 Å². The molecule has 146 valence electrons. The van der Waals surface area contributed by atoms with Crippen LogP contribution in [0, 0.1) is 0 Å². The van der Waals surface area contributed by atoms with Gasteiger partial charge in [-0.1, -0.05) is 42.1 Å². The molecule has 0 atom stereocenters. The maximum Gasteiger partial charge on any atom is 0.291 e. The maximum atomic E-state index is 13.1. The van der Waals surface area contributed by atoms with Crippen LogP contribution in [-0.4, -0.2) is 30.0 Å². The highest BCUT2D eigenvalue weighted by atomic mass is 32.2. The Labute approximate surface area is 173 Å². The number of nitrogens with one attached hydrogen (secondary N) is 1. The number of para-hydroxylation sites is 3. The minimum atomic E-state index is -0.278. The molecule has 0 aliphatic carbocycles. The molecule has 4 aromatic rings. The first-order chi connectivity index (χ1) is 14.1. The van der Waals surface area contributed by atoms with Crippen LogP contribution in [0.1, 0.15) is 16.1 Å². The normalized spacial score (nSPS) is 10.8. The van der Waals surface area contributed by atoms with Crippen LogP contribution in [0.3, 0.4) is 0 Å². The summed E-state index contributed by atoms with van der Waals surface area (Å²) in [7, 11) is 3.88. The highest BCUT2D eigenvalue weighted by Gasteiger charge is 2.22. The van der Waals surface area contributed by atoms with E-state index < -0.39 is 0 Å². The van der Waals surface area contributed by atoms with E-state index >= 15 is 0 Å². The third-order valence-corrected chi connectivity index (χ3v) is 5.33. The van der Waals surface area contributed by atoms with Crippen molar-refractivity contribution >= 4 is 40.0 Å². The van der Waals surface area contributed by atoms with Crippen LogP contribution in [-0.2, 0) is 5.75 Å². The number of furan rings is 1. The van der Waals surface area contributed by atoms with Crippen molar-refractivity contribution in [3.05, 3.63) is 78.3 Å². The van der Waals surface area contributed by atoms with Crippen molar-refractivity contribution < 1.29 is 9.21 Å². The summed E-state index contributed by atoms with van der Waals surface area (Å²) in [6, 6.07) is 17.1. The van der Waals surface area contributed by atoms with E-state index in [1.54, 1.807) is 18.5 Å². The van der Waals surface area contributed by atoms with Crippen LogP contribution in [0.15, 0.2) is 76.6 Å². The van der Waals surface area contributed by atoms with Crippen LogP contribution in [0.4, 0.5) is 11.4 Å². The third kappa shape index (κ3) is 4.09. The van der Waals surface area contributed by atoms with Crippen LogP contribution in [0.5, 0.6) is 0 Å². The molecule has 2 aromatic carbocycles. The van der Waals surface area contributed by atoms with Gasteiger partial charge in [-0.2, -0.15) is 0 Å². The molecule has 0 saturated heterocycles. The molecule has 0 radical (unpaired) electrons. The fraction of sp³-hybridized carbons (Fsp3) is 0.136. The van der Waals surface area contributed by atoms with Crippen molar-refractivity contribution in [2.24, 2.45) is 0 Å².